The van der Waals surface area contributed by atoms with Crippen molar-refractivity contribution in [3.8, 4) is 11.8 Å². The monoisotopic (exact) mass is 220 g/mol. The zero-order valence-corrected chi connectivity index (χ0v) is 9.34. The summed E-state index contributed by atoms with van der Waals surface area (Å²) in [7, 11) is 0. The van der Waals surface area contributed by atoms with Gasteiger partial charge in [0, 0.05) is 0 Å². The third-order valence-corrected chi connectivity index (χ3v) is 1.89. The van der Waals surface area contributed by atoms with Crippen molar-refractivity contribution in [2.75, 3.05) is 6.61 Å². The second-order valence-electron chi connectivity index (χ2n) is 3.27. The zero-order valence-electron chi connectivity index (χ0n) is 9.34. The van der Waals surface area contributed by atoms with Crippen LogP contribution in [-0.2, 0) is 9.53 Å². The molecular weight excluding hydrogens is 207 g/mol. The highest BCUT2D eigenvalue weighted by molar-refractivity contribution is 5.72. The van der Waals surface area contributed by atoms with Crippen LogP contribution in [0.5, 0.6) is 0 Å². The number of aryl methyl sites for hydroxylation is 1. The molecule has 0 N–H and O–H groups in total. The van der Waals surface area contributed by atoms with Crippen LogP contribution < -0.4 is 0 Å². The number of benzene rings is 1. The molecule has 0 bridgehead atoms. The third-order valence-electron chi connectivity index (χ3n) is 1.89. The van der Waals surface area contributed by atoms with Crippen LogP contribution in [0.15, 0.2) is 18.2 Å². The van der Waals surface area contributed by atoms with E-state index in [9.17, 15) is 9.18 Å². The SMILES string of the molecule is CCOC(=O)CC#Cc1ccc(C)cc1F. The largest absolute Gasteiger partial charge is 0.465 e. The summed E-state index contributed by atoms with van der Waals surface area (Å²) >= 11 is 0. The zero-order chi connectivity index (χ0) is 12.0. The van der Waals surface area contributed by atoms with Gasteiger partial charge in [-0.1, -0.05) is 17.9 Å². The Morgan fingerprint density at radius 2 is 2.25 bits per heavy atom. The smallest absolute Gasteiger partial charge is 0.317 e. The summed E-state index contributed by atoms with van der Waals surface area (Å²) in [6.45, 7) is 3.86. The first kappa shape index (κ1) is 12.3. The Kier molecular flexibility index (Phi) is 4.53. The van der Waals surface area contributed by atoms with Gasteiger partial charge in [-0.25, -0.2) is 4.39 Å². The van der Waals surface area contributed by atoms with Crippen LogP contribution in [0.1, 0.15) is 24.5 Å². The lowest BCUT2D eigenvalue weighted by Crippen LogP contribution is -2.01. The van der Waals surface area contributed by atoms with Crippen molar-refractivity contribution in [3.05, 3.63) is 35.1 Å². The van der Waals surface area contributed by atoms with Crippen molar-refractivity contribution in [1.29, 1.82) is 0 Å². The fourth-order valence-electron chi connectivity index (χ4n) is 1.15. The first-order chi connectivity index (χ1) is 7.63. The maximum Gasteiger partial charge on any atom is 0.317 e. The van der Waals surface area contributed by atoms with Crippen LogP contribution in [-0.4, -0.2) is 12.6 Å². The maximum absolute atomic E-state index is 13.3. The van der Waals surface area contributed by atoms with Gasteiger partial charge < -0.3 is 4.74 Å². The summed E-state index contributed by atoms with van der Waals surface area (Å²) in [5, 5.41) is 0. The lowest BCUT2D eigenvalue weighted by molar-refractivity contribution is -0.141. The Bertz CT molecular complexity index is 441. The molecule has 0 heterocycles. The first-order valence-corrected chi connectivity index (χ1v) is 5.04. The van der Waals surface area contributed by atoms with Gasteiger partial charge in [0.2, 0.25) is 0 Å². The van der Waals surface area contributed by atoms with Crippen molar-refractivity contribution < 1.29 is 13.9 Å². The van der Waals surface area contributed by atoms with E-state index in [4.69, 9.17) is 4.74 Å². The average molecular weight is 220 g/mol. The fourth-order valence-corrected chi connectivity index (χ4v) is 1.15. The van der Waals surface area contributed by atoms with E-state index in [-0.39, 0.29) is 18.2 Å². The predicted molar refractivity (Wildman–Crippen MR) is 59.3 cm³/mol. The van der Waals surface area contributed by atoms with Gasteiger partial charge in [0.25, 0.3) is 0 Å². The molecule has 0 aliphatic carbocycles. The molecule has 0 saturated heterocycles. The van der Waals surface area contributed by atoms with Gasteiger partial charge in [0.1, 0.15) is 12.2 Å². The number of ether oxygens (including phenoxy) is 1. The minimum absolute atomic E-state index is 0.0127. The quantitative estimate of drug-likeness (QED) is 0.565. The topological polar surface area (TPSA) is 26.3 Å². The van der Waals surface area contributed by atoms with Gasteiger partial charge in [-0.15, -0.1) is 0 Å². The van der Waals surface area contributed by atoms with Crippen LogP contribution in [0, 0.1) is 24.6 Å². The highest BCUT2D eigenvalue weighted by Crippen LogP contribution is 2.08. The molecule has 1 rings (SSSR count). The maximum atomic E-state index is 13.3. The Morgan fingerprint density at radius 3 is 2.88 bits per heavy atom. The highest BCUT2D eigenvalue weighted by Gasteiger charge is 1.99. The van der Waals surface area contributed by atoms with Crippen molar-refractivity contribution in [2.45, 2.75) is 20.3 Å². The van der Waals surface area contributed by atoms with E-state index < -0.39 is 0 Å². The van der Waals surface area contributed by atoms with Crippen LogP contribution in [0.25, 0.3) is 0 Å². The summed E-state index contributed by atoms with van der Waals surface area (Å²) in [5.41, 5.74) is 1.14. The molecule has 3 heteroatoms. The van der Waals surface area contributed by atoms with Gasteiger partial charge in [-0.2, -0.15) is 0 Å². The normalized spacial score (nSPS) is 9.19. The second-order valence-corrected chi connectivity index (χ2v) is 3.27. The van der Waals surface area contributed by atoms with E-state index in [2.05, 4.69) is 11.8 Å². The van der Waals surface area contributed by atoms with Crippen LogP contribution in [0.4, 0.5) is 4.39 Å². The van der Waals surface area contributed by atoms with E-state index in [0.29, 0.717) is 12.2 Å². The summed E-state index contributed by atoms with van der Waals surface area (Å²) in [5.74, 6) is 4.43. The molecule has 1 aromatic rings. The molecule has 0 aliphatic heterocycles. The van der Waals surface area contributed by atoms with E-state index in [1.165, 1.54) is 6.07 Å². The molecule has 0 radical (unpaired) electrons. The van der Waals surface area contributed by atoms with Crippen molar-refractivity contribution in [2.24, 2.45) is 0 Å². The summed E-state index contributed by atoms with van der Waals surface area (Å²) in [6.07, 6.45) is -0.0127. The molecule has 0 aliphatic rings. The molecule has 0 spiro atoms. The Labute approximate surface area is 94.4 Å². The average Bonchev–Trinajstić information content (AvgIpc) is 2.22. The minimum Gasteiger partial charge on any atom is -0.465 e. The number of carbonyl (C=O) groups excluding carboxylic acids is 1. The summed E-state index contributed by atoms with van der Waals surface area (Å²) in [4.78, 5) is 11.0. The fraction of sp³-hybridized carbons (Fsp3) is 0.308. The van der Waals surface area contributed by atoms with Crippen molar-refractivity contribution in [1.82, 2.24) is 0 Å². The minimum atomic E-state index is -0.387. The van der Waals surface area contributed by atoms with Gasteiger partial charge in [0.05, 0.1) is 12.2 Å². The molecular formula is C13H13FO2. The van der Waals surface area contributed by atoms with Crippen molar-refractivity contribution in [3.63, 3.8) is 0 Å². The van der Waals surface area contributed by atoms with E-state index in [1.807, 2.05) is 0 Å². The molecule has 0 unspecified atom stereocenters. The lowest BCUT2D eigenvalue weighted by Gasteiger charge is -1.96. The summed E-state index contributed by atoms with van der Waals surface area (Å²) < 4.78 is 18.0. The van der Waals surface area contributed by atoms with Gasteiger partial charge >= 0.3 is 5.97 Å². The molecule has 1 aromatic carbocycles. The second kappa shape index (κ2) is 5.92. The molecule has 0 atom stereocenters. The van der Waals surface area contributed by atoms with E-state index >= 15 is 0 Å². The van der Waals surface area contributed by atoms with E-state index in [1.54, 1.807) is 26.0 Å². The first-order valence-electron chi connectivity index (χ1n) is 5.04. The third kappa shape index (κ3) is 3.74. The Hall–Kier alpha value is -1.82. The predicted octanol–water partition coefficient (Wildman–Crippen LogP) is 2.44. The number of halogens is 1. The highest BCUT2D eigenvalue weighted by atomic mass is 19.1. The number of esters is 1. The molecule has 0 aromatic heterocycles. The standard InChI is InChI=1S/C13H13FO2/c1-3-16-13(15)6-4-5-11-8-7-10(2)9-12(11)14/h7-9H,3,6H2,1-2H3. The molecule has 0 saturated carbocycles. The number of carbonyl (C=O) groups is 1. The molecule has 16 heavy (non-hydrogen) atoms. The molecule has 0 amide bonds. The van der Waals surface area contributed by atoms with Gasteiger partial charge in [-0.3, -0.25) is 4.79 Å². The number of hydrogen-bond donors (Lipinski definition) is 0. The summed E-state index contributed by atoms with van der Waals surface area (Å²) in [6, 6.07) is 4.79. The molecule has 0 fully saturated rings. The molecule has 2 nitrogen and oxygen atoms in total. The number of rotatable bonds is 2. The lowest BCUT2D eigenvalue weighted by atomic mass is 10.1. The van der Waals surface area contributed by atoms with Crippen LogP contribution in [0.3, 0.4) is 0 Å². The van der Waals surface area contributed by atoms with Crippen molar-refractivity contribution >= 4 is 5.97 Å². The number of hydrogen-bond acceptors (Lipinski definition) is 2. The Balaban J connectivity index is 2.66. The van der Waals surface area contributed by atoms with Gasteiger partial charge in [0.15, 0.2) is 0 Å². The van der Waals surface area contributed by atoms with Crippen LogP contribution >= 0.6 is 0 Å². The van der Waals surface area contributed by atoms with Gasteiger partial charge in [-0.05, 0) is 31.5 Å². The molecule has 84 valence electrons. The van der Waals surface area contributed by atoms with E-state index in [0.717, 1.165) is 5.56 Å². The Morgan fingerprint density at radius 1 is 1.50 bits per heavy atom. The van der Waals surface area contributed by atoms with Crippen LogP contribution in [0.2, 0.25) is 0 Å².